The highest BCUT2D eigenvalue weighted by Crippen LogP contribution is 2.23. The number of carbonyl (C=O) groups is 1. The molecule has 0 spiro atoms. The van der Waals surface area contributed by atoms with Gasteiger partial charge in [0.25, 0.3) is 5.91 Å². The highest BCUT2D eigenvalue weighted by Gasteiger charge is 2.24. The number of ether oxygens (including phenoxy) is 1. The normalized spacial score (nSPS) is 14.6. The highest BCUT2D eigenvalue weighted by molar-refractivity contribution is 6.35. The van der Waals surface area contributed by atoms with Crippen LogP contribution in [0.25, 0.3) is 0 Å². The summed E-state index contributed by atoms with van der Waals surface area (Å²) in [6.07, 6.45) is 1.74. The Morgan fingerprint density at radius 3 is 2.50 bits per heavy atom. The van der Waals surface area contributed by atoms with Gasteiger partial charge in [0.1, 0.15) is 5.75 Å². The molecule has 4 rings (SSSR count). The van der Waals surface area contributed by atoms with E-state index in [1.807, 2.05) is 36.1 Å². The Kier molecular flexibility index (Phi) is 7.26. The number of carbonyl (C=O) groups excluding carboxylic acids is 1. The topological polar surface area (TPSA) is 50.6 Å². The number of rotatable bonds is 6. The Hall–Kier alpha value is -2.25. The summed E-state index contributed by atoms with van der Waals surface area (Å²) >= 11 is 18.3. The van der Waals surface area contributed by atoms with Crippen LogP contribution >= 0.6 is 34.8 Å². The van der Waals surface area contributed by atoms with Gasteiger partial charge >= 0.3 is 0 Å². The molecule has 0 radical (unpaired) electrons. The summed E-state index contributed by atoms with van der Waals surface area (Å²) in [7, 11) is 0. The van der Waals surface area contributed by atoms with E-state index in [0.29, 0.717) is 39.6 Å². The van der Waals surface area contributed by atoms with Gasteiger partial charge in [-0.3, -0.25) is 9.69 Å². The smallest absolute Gasteiger partial charge is 0.274 e. The van der Waals surface area contributed by atoms with Crippen LogP contribution in [0.5, 0.6) is 5.75 Å². The lowest BCUT2D eigenvalue weighted by Crippen LogP contribution is -2.48. The van der Waals surface area contributed by atoms with Crippen molar-refractivity contribution in [2.24, 2.45) is 0 Å². The molecule has 3 aromatic rings. The van der Waals surface area contributed by atoms with Gasteiger partial charge in [-0.15, -0.1) is 0 Å². The third kappa shape index (κ3) is 5.56. The maximum absolute atomic E-state index is 12.9. The molecule has 0 saturated carbocycles. The maximum Gasteiger partial charge on any atom is 0.274 e. The summed E-state index contributed by atoms with van der Waals surface area (Å²) in [5, 5.41) is 6.36. The zero-order valence-electron chi connectivity index (χ0n) is 17.6. The first kappa shape index (κ1) is 22.9. The molecule has 0 atom stereocenters. The van der Waals surface area contributed by atoms with Crippen LogP contribution in [0.2, 0.25) is 15.1 Å². The van der Waals surface area contributed by atoms with Crippen LogP contribution in [0.4, 0.5) is 0 Å². The first-order valence-corrected chi connectivity index (χ1v) is 11.4. The van der Waals surface area contributed by atoms with E-state index in [2.05, 4.69) is 10.00 Å². The molecule has 2 heterocycles. The second kappa shape index (κ2) is 10.1. The number of halogens is 3. The van der Waals surface area contributed by atoms with Crippen LogP contribution in [0, 0.1) is 6.92 Å². The third-order valence-electron chi connectivity index (χ3n) is 5.42. The quantitative estimate of drug-likeness (QED) is 0.477. The van der Waals surface area contributed by atoms with Crippen LogP contribution in [0.15, 0.2) is 48.7 Å². The second-order valence-electron chi connectivity index (χ2n) is 7.73. The minimum Gasteiger partial charge on any atom is -0.471 e. The molecule has 32 heavy (non-hydrogen) atoms. The number of nitrogens with zero attached hydrogens (tertiary/aromatic N) is 4. The van der Waals surface area contributed by atoms with Gasteiger partial charge in [0, 0.05) is 54.0 Å². The molecular formula is C23H23Cl3N4O2. The number of aromatic nitrogens is 2. The molecule has 0 aliphatic carbocycles. The average molecular weight is 494 g/mol. The van der Waals surface area contributed by atoms with Crippen molar-refractivity contribution in [3.05, 3.63) is 80.6 Å². The molecule has 0 unspecified atom stereocenters. The summed E-state index contributed by atoms with van der Waals surface area (Å²) in [6.45, 7) is 5.67. The molecule has 1 aromatic heterocycles. The van der Waals surface area contributed by atoms with Gasteiger partial charge in [0.05, 0.1) is 0 Å². The Bertz CT molecular complexity index is 1110. The van der Waals surface area contributed by atoms with Crippen molar-refractivity contribution < 1.29 is 9.53 Å². The Labute approximate surface area is 202 Å². The second-order valence-corrected chi connectivity index (χ2v) is 8.98. The Morgan fingerprint density at radius 2 is 1.78 bits per heavy atom. The van der Waals surface area contributed by atoms with Gasteiger partial charge < -0.3 is 9.64 Å². The van der Waals surface area contributed by atoms with Gasteiger partial charge in [-0.2, -0.15) is 5.10 Å². The predicted molar refractivity (Wildman–Crippen MR) is 127 cm³/mol. The van der Waals surface area contributed by atoms with E-state index >= 15 is 0 Å². The zero-order chi connectivity index (χ0) is 22.7. The van der Waals surface area contributed by atoms with Gasteiger partial charge in [-0.25, -0.2) is 4.68 Å². The monoisotopic (exact) mass is 492 g/mol. The number of hydrogen-bond donors (Lipinski definition) is 0. The first-order chi connectivity index (χ1) is 15.4. The van der Waals surface area contributed by atoms with Gasteiger partial charge in [0.15, 0.2) is 12.4 Å². The van der Waals surface area contributed by atoms with Crippen molar-refractivity contribution in [3.63, 3.8) is 0 Å². The summed E-state index contributed by atoms with van der Waals surface area (Å²) in [4.78, 5) is 17.0. The minimum absolute atomic E-state index is 0.0738. The fourth-order valence-corrected chi connectivity index (χ4v) is 4.14. The standard InChI is InChI=1S/C23H23Cl3N4O2/c1-16-12-19(4-5-20(16)25)32-15-30-7-6-22(27-30)23(31)29-10-8-28(9-11-29)14-17-2-3-18(24)13-21(17)26/h2-7,12-13H,8-11,14-15H2,1H3. The minimum atomic E-state index is -0.0738. The lowest BCUT2D eigenvalue weighted by atomic mass is 10.2. The SMILES string of the molecule is Cc1cc(OCn2ccc(C(=O)N3CCN(Cc4ccc(Cl)cc4Cl)CC3)n2)ccc1Cl. The van der Waals surface area contributed by atoms with Gasteiger partial charge in [-0.1, -0.05) is 40.9 Å². The molecule has 1 amide bonds. The van der Waals surface area contributed by atoms with Crippen LogP contribution in [-0.4, -0.2) is 51.7 Å². The molecule has 0 N–H and O–H groups in total. The van der Waals surface area contributed by atoms with E-state index in [1.165, 1.54) is 0 Å². The Morgan fingerprint density at radius 1 is 1.00 bits per heavy atom. The molecular weight excluding hydrogens is 471 g/mol. The van der Waals surface area contributed by atoms with Crippen molar-refractivity contribution in [3.8, 4) is 5.75 Å². The predicted octanol–water partition coefficient (Wildman–Crippen LogP) is 5.15. The Balaban J connectivity index is 1.28. The largest absolute Gasteiger partial charge is 0.471 e. The number of benzene rings is 2. The zero-order valence-corrected chi connectivity index (χ0v) is 19.9. The molecule has 2 aromatic carbocycles. The number of amides is 1. The fourth-order valence-electron chi connectivity index (χ4n) is 3.56. The summed E-state index contributed by atoms with van der Waals surface area (Å²) in [6, 6.07) is 12.7. The summed E-state index contributed by atoms with van der Waals surface area (Å²) < 4.78 is 7.35. The maximum atomic E-state index is 12.9. The van der Waals surface area contributed by atoms with Gasteiger partial charge in [-0.05, 0) is 54.4 Å². The molecule has 1 aliphatic heterocycles. The van der Waals surface area contributed by atoms with Crippen LogP contribution in [-0.2, 0) is 13.3 Å². The van der Waals surface area contributed by atoms with E-state index in [-0.39, 0.29) is 12.6 Å². The lowest BCUT2D eigenvalue weighted by Gasteiger charge is -2.34. The third-order valence-corrected chi connectivity index (χ3v) is 6.43. The number of piperazine rings is 1. The summed E-state index contributed by atoms with van der Waals surface area (Å²) in [5.41, 5.74) is 2.39. The molecule has 0 bridgehead atoms. The molecule has 168 valence electrons. The molecule has 6 nitrogen and oxygen atoms in total. The average Bonchev–Trinajstić information content (AvgIpc) is 3.26. The molecule has 1 saturated heterocycles. The fraction of sp³-hybridized carbons (Fsp3) is 0.304. The van der Waals surface area contributed by atoms with Crippen molar-refractivity contribution in [2.75, 3.05) is 26.2 Å². The van der Waals surface area contributed by atoms with Crippen LogP contribution in [0.3, 0.4) is 0 Å². The summed E-state index contributed by atoms with van der Waals surface area (Å²) in [5.74, 6) is 0.627. The highest BCUT2D eigenvalue weighted by atomic mass is 35.5. The molecule has 1 fully saturated rings. The number of hydrogen-bond acceptors (Lipinski definition) is 4. The first-order valence-electron chi connectivity index (χ1n) is 10.3. The van der Waals surface area contributed by atoms with Crippen molar-refractivity contribution >= 4 is 40.7 Å². The van der Waals surface area contributed by atoms with Crippen molar-refractivity contribution in [1.82, 2.24) is 19.6 Å². The van der Waals surface area contributed by atoms with E-state index < -0.39 is 0 Å². The van der Waals surface area contributed by atoms with E-state index in [1.54, 1.807) is 29.1 Å². The van der Waals surface area contributed by atoms with Crippen molar-refractivity contribution in [1.29, 1.82) is 0 Å². The van der Waals surface area contributed by atoms with Crippen LogP contribution in [0.1, 0.15) is 21.6 Å². The van der Waals surface area contributed by atoms with E-state index in [4.69, 9.17) is 39.5 Å². The van der Waals surface area contributed by atoms with Crippen LogP contribution < -0.4 is 4.74 Å². The number of aryl methyl sites for hydroxylation is 1. The van der Waals surface area contributed by atoms with Gasteiger partial charge in [0.2, 0.25) is 0 Å². The molecule has 1 aliphatic rings. The lowest BCUT2D eigenvalue weighted by molar-refractivity contribution is 0.0621. The van der Waals surface area contributed by atoms with Crippen molar-refractivity contribution in [2.45, 2.75) is 20.2 Å². The van der Waals surface area contributed by atoms with E-state index in [9.17, 15) is 4.79 Å². The molecule has 9 heteroatoms. The van der Waals surface area contributed by atoms with E-state index in [0.717, 1.165) is 30.8 Å².